The highest BCUT2D eigenvalue weighted by molar-refractivity contribution is 5.38. The highest BCUT2D eigenvalue weighted by Crippen LogP contribution is 2.48. The van der Waals surface area contributed by atoms with Crippen molar-refractivity contribution in [1.29, 1.82) is 0 Å². The maximum absolute atomic E-state index is 2.50. The lowest BCUT2D eigenvalue weighted by molar-refractivity contribution is 0.244. The molecule has 1 aliphatic rings. The molecule has 0 heteroatoms. The zero-order valence-corrected chi connectivity index (χ0v) is 22.8. The lowest BCUT2D eigenvalue weighted by atomic mass is 9.59. The first kappa shape index (κ1) is 26.0. The Morgan fingerprint density at radius 2 is 1.11 bits per heavy atom. The highest BCUT2D eigenvalue weighted by atomic mass is 14.5. The Balaban J connectivity index is 1.78. The van der Waals surface area contributed by atoms with E-state index in [4.69, 9.17) is 0 Å². The Bertz CT molecular complexity index is 1210. The molecule has 0 fully saturated rings. The van der Waals surface area contributed by atoms with Gasteiger partial charge < -0.3 is 0 Å². The first-order valence-electron chi connectivity index (χ1n) is 13.4. The van der Waals surface area contributed by atoms with Gasteiger partial charge in [-0.2, -0.15) is 0 Å². The molecule has 3 aromatic carbocycles. The zero-order chi connectivity index (χ0) is 25.7. The molecule has 0 N–H and O–H groups in total. The van der Waals surface area contributed by atoms with Crippen LogP contribution >= 0.6 is 0 Å². The maximum atomic E-state index is 2.50. The van der Waals surface area contributed by atoms with E-state index in [2.05, 4.69) is 150 Å². The second-order valence-corrected chi connectivity index (χ2v) is 11.9. The zero-order valence-electron chi connectivity index (χ0n) is 22.8. The van der Waals surface area contributed by atoms with E-state index in [1.807, 2.05) is 0 Å². The molecule has 4 rings (SSSR count). The van der Waals surface area contributed by atoms with Crippen LogP contribution in [0, 0.1) is 0 Å². The molecular formula is C36H42. The number of hydrogen-bond acceptors (Lipinski definition) is 0. The van der Waals surface area contributed by atoms with E-state index in [1.54, 1.807) is 0 Å². The predicted octanol–water partition coefficient (Wildman–Crippen LogP) is 9.88. The third-order valence-electron chi connectivity index (χ3n) is 8.19. The van der Waals surface area contributed by atoms with Crippen LogP contribution in [0.15, 0.2) is 126 Å². The van der Waals surface area contributed by atoms with Gasteiger partial charge in [0.1, 0.15) is 0 Å². The van der Waals surface area contributed by atoms with E-state index < -0.39 is 0 Å². The fourth-order valence-corrected chi connectivity index (χ4v) is 6.57. The largest absolute Gasteiger partial charge is 0.0801 e. The average Bonchev–Trinajstić information content (AvgIpc) is 2.90. The molecular weight excluding hydrogens is 432 g/mol. The SMILES string of the molecule is CC(CC(C)(CC(C)(CC(C)(C)c1ccccc1)c1ccccc1)c1ccccc1)=C1C=CC=CC1. The van der Waals surface area contributed by atoms with Gasteiger partial charge in [-0.3, -0.25) is 0 Å². The normalized spacial score (nSPS) is 18.4. The van der Waals surface area contributed by atoms with Crippen LogP contribution < -0.4 is 0 Å². The summed E-state index contributed by atoms with van der Waals surface area (Å²) in [5, 5.41) is 0. The molecule has 2 unspecified atom stereocenters. The summed E-state index contributed by atoms with van der Waals surface area (Å²) < 4.78 is 0. The number of rotatable bonds is 9. The van der Waals surface area contributed by atoms with Gasteiger partial charge >= 0.3 is 0 Å². The molecule has 0 spiro atoms. The van der Waals surface area contributed by atoms with Crippen molar-refractivity contribution >= 4 is 0 Å². The van der Waals surface area contributed by atoms with Crippen LogP contribution in [0.25, 0.3) is 0 Å². The highest BCUT2D eigenvalue weighted by Gasteiger charge is 2.41. The second-order valence-electron chi connectivity index (χ2n) is 11.9. The third kappa shape index (κ3) is 5.98. The maximum Gasteiger partial charge on any atom is -0.00297 e. The number of allylic oxidation sites excluding steroid dienone is 6. The number of hydrogen-bond donors (Lipinski definition) is 0. The van der Waals surface area contributed by atoms with Gasteiger partial charge in [0.2, 0.25) is 0 Å². The average molecular weight is 475 g/mol. The van der Waals surface area contributed by atoms with Crippen molar-refractivity contribution in [2.75, 3.05) is 0 Å². The van der Waals surface area contributed by atoms with Crippen LogP contribution in [-0.4, -0.2) is 0 Å². The molecule has 0 amide bonds. The molecule has 0 bridgehead atoms. The first-order valence-corrected chi connectivity index (χ1v) is 13.4. The van der Waals surface area contributed by atoms with E-state index in [9.17, 15) is 0 Å². The molecule has 3 aromatic rings. The molecule has 0 aromatic heterocycles. The van der Waals surface area contributed by atoms with Crippen molar-refractivity contribution in [1.82, 2.24) is 0 Å². The molecule has 0 aliphatic heterocycles. The van der Waals surface area contributed by atoms with E-state index in [0.717, 1.165) is 25.7 Å². The Kier molecular flexibility index (Phi) is 7.84. The van der Waals surface area contributed by atoms with Crippen molar-refractivity contribution in [3.63, 3.8) is 0 Å². The molecule has 0 saturated heterocycles. The quantitative estimate of drug-likeness (QED) is 0.289. The fourth-order valence-electron chi connectivity index (χ4n) is 6.57. The number of benzene rings is 3. The molecule has 0 radical (unpaired) electrons. The lowest BCUT2D eigenvalue weighted by Gasteiger charge is -2.45. The summed E-state index contributed by atoms with van der Waals surface area (Å²) in [7, 11) is 0. The summed E-state index contributed by atoms with van der Waals surface area (Å²) in [5.41, 5.74) is 7.29. The van der Waals surface area contributed by atoms with Gasteiger partial charge in [-0.25, -0.2) is 0 Å². The minimum Gasteiger partial charge on any atom is -0.0801 e. The van der Waals surface area contributed by atoms with Crippen molar-refractivity contribution < 1.29 is 0 Å². The molecule has 0 heterocycles. The van der Waals surface area contributed by atoms with Gasteiger partial charge in [0, 0.05) is 0 Å². The van der Waals surface area contributed by atoms with Gasteiger partial charge in [0.15, 0.2) is 0 Å². The van der Waals surface area contributed by atoms with E-state index in [-0.39, 0.29) is 16.2 Å². The van der Waals surface area contributed by atoms with Crippen LogP contribution in [0.2, 0.25) is 0 Å². The van der Waals surface area contributed by atoms with Crippen molar-refractivity contribution in [2.24, 2.45) is 0 Å². The molecule has 36 heavy (non-hydrogen) atoms. The minimum absolute atomic E-state index is 0.00154. The van der Waals surface area contributed by atoms with Crippen LogP contribution in [0.5, 0.6) is 0 Å². The van der Waals surface area contributed by atoms with E-state index >= 15 is 0 Å². The second kappa shape index (κ2) is 10.9. The molecule has 2 atom stereocenters. The Labute approximate surface area is 219 Å². The van der Waals surface area contributed by atoms with Gasteiger partial charge in [-0.15, -0.1) is 0 Å². The van der Waals surface area contributed by atoms with Crippen LogP contribution in [0.1, 0.15) is 77.0 Å². The lowest BCUT2D eigenvalue weighted by Crippen LogP contribution is -2.39. The summed E-state index contributed by atoms with van der Waals surface area (Å²) in [6.07, 6.45) is 13.2. The predicted molar refractivity (Wildman–Crippen MR) is 157 cm³/mol. The molecule has 1 aliphatic carbocycles. The van der Waals surface area contributed by atoms with Gasteiger partial charge in [-0.05, 0) is 71.1 Å². The molecule has 0 nitrogen and oxygen atoms in total. The third-order valence-corrected chi connectivity index (χ3v) is 8.19. The molecule has 186 valence electrons. The Morgan fingerprint density at radius 3 is 1.61 bits per heavy atom. The summed E-state index contributed by atoms with van der Waals surface area (Å²) in [4.78, 5) is 0. The fraction of sp³-hybridized carbons (Fsp3) is 0.333. The summed E-state index contributed by atoms with van der Waals surface area (Å²) in [6.45, 7) is 12.2. The summed E-state index contributed by atoms with van der Waals surface area (Å²) in [6, 6.07) is 33.5. The van der Waals surface area contributed by atoms with E-state index in [0.29, 0.717) is 0 Å². The van der Waals surface area contributed by atoms with Gasteiger partial charge in [0.05, 0.1) is 0 Å². The first-order chi connectivity index (χ1) is 17.2. The summed E-state index contributed by atoms with van der Waals surface area (Å²) >= 11 is 0. The van der Waals surface area contributed by atoms with Crippen molar-refractivity contribution in [3.05, 3.63) is 143 Å². The molecule has 0 saturated carbocycles. The van der Waals surface area contributed by atoms with Crippen molar-refractivity contribution in [2.45, 2.75) is 76.5 Å². The topological polar surface area (TPSA) is 0 Å². The monoisotopic (exact) mass is 474 g/mol. The standard InChI is InChI=1S/C36H42/c1-29(30-18-10-6-11-19-30)26-35(4,32-22-14-8-15-23-32)28-36(5,33-24-16-9-17-25-33)27-34(2,3)31-20-12-7-13-21-31/h6-18,20-25H,19,26-28H2,1-5H3. The minimum atomic E-state index is -0.00154. The van der Waals surface area contributed by atoms with Crippen LogP contribution in [0.3, 0.4) is 0 Å². The van der Waals surface area contributed by atoms with Crippen LogP contribution in [0.4, 0.5) is 0 Å². The van der Waals surface area contributed by atoms with Gasteiger partial charge in [0.25, 0.3) is 0 Å². The smallest absolute Gasteiger partial charge is 0.00297 e. The Morgan fingerprint density at radius 1 is 0.611 bits per heavy atom. The Hall–Kier alpha value is -3.12. The van der Waals surface area contributed by atoms with Gasteiger partial charge in [-0.1, -0.05) is 149 Å². The van der Waals surface area contributed by atoms with Crippen LogP contribution in [-0.2, 0) is 16.2 Å². The van der Waals surface area contributed by atoms with Crippen molar-refractivity contribution in [3.8, 4) is 0 Å². The summed E-state index contributed by atoms with van der Waals surface area (Å²) in [5.74, 6) is 0. The van der Waals surface area contributed by atoms with E-state index in [1.165, 1.54) is 27.8 Å².